The van der Waals surface area contributed by atoms with E-state index in [1.807, 2.05) is 30.3 Å². The summed E-state index contributed by atoms with van der Waals surface area (Å²) in [5.41, 5.74) is 1.67. The molecule has 6 nitrogen and oxygen atoms in total. The van der Waals surface area contributed by atoms with Crippen LogP contribution < -0.4 is 10.9 Å². The van der Waals surface area contributed by atoms with Gasteiger partial charge in [0.15, 0.2) is 5.16 Å². The number of aromatic nitrogens is 3. The Morgan fingerprint density at radius 2 is 1.81 bits per heavy atom. The summed E-state index contributed by atoms with van der Waals surface area (Å²) in [7, 11) is 0. The summed E-state index contributed by atoms with van der Waals surface area (Å²) >= 11 is 6.92. The van der Waals surface area contributed by atoms with Crippen LogP contribution in [0.1, 0.15) is 11.3 Å². The van der Waals surface area contributed by atoms with Crippen molar-refractivity contribution in [2.45, 2.75) is 11.6 Å². The van der Waals surface area contributed by atoms with Crippen molar-refractivity contribution in [3.8, 4) is 0 Å². The van der Waals surface area contributed by atoms with Crippen molar-refractivity contribution in [3.05, 3.63) is 81.2 Å². The van der Waals surface area contributed by atoms with Gasteiger partial charge in [0, 0.05) is 17.1 Å². The van der Waals surface area contributed by atoms with E-state index in [9.17, 15) is 9.59 Å². The number of hydrogen-bond donors (Lipinski definition) is 2. The summed E-state index contributed by atoms with van der Waals surface area (Å²) in [5.74, 6) is -0.112. The number of halogens is 1. The lowest BCUT2D eigenvalue weighted by Gasteiger charge is -2.05. The number of aromatic amines is 1. The minimum absolute atomic E-state index is 0.102. The van der Waals surface area contributed by atoms with Gasteiger partial charge in [0.1, 0.15) is 5.69 Å². The van der Waals surface area contributed by atoms with E-state index in [1.165, 1.54) is 0 Å². The molecule has 0 aliphatic heterocycles. The molecule has 0 saturated heterocycles. The largest absolute Gasteiger partial charge is 0.325 e. The highest BCUT2D eigenvalue weighted by molar-refractivity contribution is 7.99. The van der Waals surface area contributed by atoms with Crippen molar-refractivity contribution >= 4 is 35.0 Å². The number of carbonyl (C=O) groups excluding carboxylic acids is 1. The molecule has 2 N–H and O–H groups in total. The molecule has 132 valence electrons. The first-order chi connectivity index (χ1) is 12.6. The quantitative estimate of drug-likeness (QED) is 0.635. The van der Waals surface area contributed by atoms with Crippen LogP contribution in [0.4, 0.5) is 5.69 Å². The number of benzene rings is 2. The van der Waals surface area contributed by atoms with Crippen LogP contribution in [0.5, 0.6) is 0 Å². The fraction of sp³-hybridized carbons (Fsp3) is 0.111. The second-order valence-electron chi connectivity index (χ2n) is 5.41. The molecule has 8 heteroatoms. The molecule has 0 unspecified atom stereocenters. The summed E-state index contributed by atoms with van der Waals surface area (Å²) in [6.07, 6.45) is 0.408. The van der Waals surface area contributed by atoms with Gasteiger partial charge in [-0.2, -0.15) is 0 Å². The van der Waals surface area contributed by atoms with Crippen LogP contribution in [0.25, 0.3) is 0 Å². The highest BCUT2D eigenvalue weighted by Crippen LogP contribution is 2.15. The van der Waals surface area contributed by atoms with Crippen LogP contribution >= 0.6 is 23.4 Å². The zero-order chi connectivity index (χ0) is 18.4. The standard InChI is InChI=1S/C18H15ClN4O2S/c19-13-6-8-14(9-7-13)20-16(24)11-26-18-21-17(25)15(22-23-18)10-12-4-2-1-3-5-12/h1-9H,10-11H2,(H,20,24)(H,21,23,25). The van der Waals surface area contributed by atoms with Crippen LogP contribution in [-0.2, 0) is 11.2 Å². The highest BCUT2D eigenvalue weighted by atomic mass is 35.5. The van der Waals surface area contributed by atoms with Gasteiger partial charge in [-0.05, 0) is 29.8 Å². The second kappa shape index (κ2) is 8.64. The fourth-order valence-electron chi connectivity index (χ4n) is 2.18. The lowest BCUT2D eigenvalue weighted by Crippen LogP contribution is -2.19. The SMILES string of the molecule is O=C(CSc1nnc(Cc2ccccc2)c(=O)[nH]1)Nc1ccc(Cl)cc1. The number of H-pyrrole nitrogens is 1. The maximum atomic E-state index is 12.1. The molecule has 1 amide bonds. The van der Waals surface area contributed by atoms with E-state index in [0.29, 0.717) is 28.0 Å². The van der Waals surface area contributed by atoms with Gasteiger partial charge in [0.05, 0.1) is 5.75 Å². The topological polar surface area (TPSA) is 87.7 Å². The number of nitrogens with one attached hydrogen (secondary N) is 2. The van der Waals surface area contributed by atoms with Crippen molar-refractivity contribution in [3.63, 3.8) is 0 Å². The third-order valence-electron chi connectivity index (χ3n) is 3.43. The van der Waals surface area contributed by atoms with Gasteiger partial charge in [-0.25, -0.2) is 0 Å². The molecule has 0 atom stereocenters. The number of hydrogen-bond acceptors (Lipinski definition) is 5. The second-order valence-corrected chi connectivity index (χ2v) is 6.81. The Morgan fingerprint density at radius 3 is 2.50 bits per heavy atom. The van der Waals surface area contributed by atoms with E-state index in [0.717, 1.165) is 17.3 Å². The van der Waals surface area contributed by atoms with E-state index in [1.54, 1.807) is 24.3 Å². The third-order valence-corrected chi connectivity index (χ3v) is 4.54. The van der Waals surface area contributed by atoms with Gasteiger partial charge < -0.3 is 5.32 Å². The Morgan fingerprint density at radius 1 is 1.08 bits per heavy atom. The first kappa shape index (κ1) is 18.2. The number of carbonyl (C=O) groups is 1. The molecule has 3 aromatic rings. The monoisotopic (exact) mass is 386 g/mol. The molecule has 3 rings (SSSR count). The number of thioether (sulfide) groups is 1. The van der Waals surface area contributed by atoms with Crippen molar-refractivity contribution < 1.29 is 4.79 Å². The van der Waals surface area contributed by atoms with Crippen LogP contribution in [0.15, 0.2) is 64.5 Å². The Labute approximate surface area is 159 Å². The van der Waals surface area contributed by atoms with E-state index in [-0.39, 0.29) is 17.2 Å². The molecular formula is C18H15ClN4O2S. The van der Waals surface area contributed by atoms with Crippen molar-refractivity contribution in [2.75, 3.05) is 11.1 Å². The number of anilines is 1. The summed E-state index contributed by atoms with van der Waals surface area (Å²) in [6, 6.07) is 16.4. The highest BCUT2D eigenvalue weighted by Gasteiger charge is 2.09. The Balaban J connectivity index is 1.56. The Hall–Kier alpha value is -2.64. The summed E-state index contributed by atoms with van der Waals surface area (Å²) in [6.45, 7) is 0. The first-order valence-corrected chi connectivity index (χ1v) is 9.14. The van der Waals surface area contributed by atoms with Gasteiger partial charge in [-0.1, -0.05) is 53.7 Å². The van der Waals surface area contributed by atoms with E-state index in [2.05, 4.69) is 20.5 Å². The Kier molecular flexibility index (Phi) is 6.04. The number of amides is 1. The van der Waals surface area contributed by atoms with E-state index >= 15 is 0 Å². The van der Waals surface area contributed by atoms with Gasteiger partial charge >= 0.3 is 0 Å². The van der Waals surface area contributed by atoms with Crippen molar-refractivity contribution in [1.29, 1.82) is 0 Å². The molecule has 0 saturated carbocycles. The molecule has 1 aromatic heterocycles. The molecule has 0 radical (unpaired) electrons. The van der Waals surface area contributed by atoms with Crippen molar-refractivity contribution in [1.82, 2.24) is 15.2 Å². The molecule has 0 fully saturated rings. The molecule has 0 spiro atoms. The predicted molar refractivity (Wildman–Crippen MR) is 103 cm³/mol. The molecule has 26 heavy (non-hydrogen) atoms. The minimum Gasteiger partial charge on any atom is -0.325 e. The molecule has 1 heterocycles. The van der Waals surface area contributed by atoms with Gasteiger partial charge in [0.2, 0.25) is 5.91 Å². The first-order valence-electron chi connectivity index (χ1n) is 7.78. The number of rotatable bonds is 6. The molecule has 0 bridgehead atoms. The van der Waals surface area contributed by atoms with Gasteiger partial charge in [-0.3, -0.25) is 14.6 Å². The zero-order valence-corrected chi connectivity index (χ0v) is 15.2. The Bertz CT molecular complexity index is 945. The lowest BCUT2D eigenvalue weighted by molar-refractivity contribution is -0.113. The van der Waals surface area contributed by atoms with Gasteiger partial charge in [0.25, 0.3) is 5.56 Å². The smallest absolute Gasteiger partial charge is 0.273 e. The van der Waals surface area contributed by atoms with E-state index in [4.69, 9.17) is 11.6 Å². The van der Waals surface area contributed by atoms with Crippen LogP contribution in [0.3, 0.4) is 0 Å². The van der Waals surface area contributed by atoms with Gasteiger partial charge in [-0.15, -0.1) is 10.2 Å². The summed E-state index contributed by atoms with van der Waals surface area (Å²) < 4.78 is 0. The number of nitrogens with zero attached hydrogens (tertiary/aromatic N) is 2. The summed E-state index contributed by atoms with van der Waals surface area (Å²) in [4.78, 5) is 26.7. The minimum atomic E-state index is -0.301. The predicted octanol–water partition coefficient (Wildman–Crippen LogP) is 3.14. The zero-order valence-electron chi connectivity index (χ0n) is 13.6. The van der Waals surface area contributed by atoms with Crippen LogP contribution in [-0.4, -0.2) is 26.8 Å². The molecule has 0 aliphatic carbocycles. The third kappa shape index (κ3) is 5.18. The maximum absolute atomic E-state index is 12.1. The average molecular weight is 387 g/mol. The molecule has 0 aliphatic rings. The van der Waals surface area contributed by atoms with Crippen LogP contribution in [0, 0.1) is 0 Å². The fourth-order valence-corrected chi connectivity index (χ4v) is 2.91. The average Bonchev–Trinajstić information content (AvgIpc) is 2.65. The molecule has 2 aromatic carbocycles. The lowest BCUT2D eigenvalue weighted by atomic mass is 10.1. The van der Waals surface area contributed by atoms with Crippen molar-refractivity contribution in [2.24, 2.45) is 0 Å². The summed E-state index contributed by atoms with van der Waals surface area (Å²) in [5, 5.41) is 11.6. The van der Waals surface area contributed by atoms with E-state index < -0.39 is 0 Å². The maximum Gasteiger partial charge on any atom is 0.273 e. The van der Waals surface area contributed by atoms with Crippen LogP contribution in [0.2, 0.25) is 5.02 Å². The normalized spacial score (nSPS) is 10.5. The molecular weight excluding hydrogens is 372 g/mol.